The fourth-order valence-electron chi connectivity index (χ4n) is 2.29. The number of hydrogen-bond donors (Lipinski definition) is 1. The van der Waals surface area contributed by atoms with Crippen molar-refractivity contribution in [3.63, 3.8) is 0 Å². The first-order valence-electron chi connectivity index (χ1n) is 6.67. The van der Waals surface area contributed by atoms with Gasteiger partial charge in [0.25, 0.3) is 0 Å². The lowest BCUT2D eigenvalue weighted by molar-refractivity contribution is 0.509. The second-order valence-electron chi connectivity index (χ2n) is 5.13. The number of nitrogens with one attached hydrogen (secondary N) is 1. The Morgan fingerprint density at radius 3 is 2.42 bits per heavy atom. The third-order valence-corrected chi connectivity index (χ3v) is 4.31. The van der Waals surface area contributed by atoms with Gasteiger partial charge in [0.05, 0.1) is 11.4 Å². The Labute approximate surface area is 116 Å². The topological polar surface area (TPSA) is 64.0 Å². The molecule has 0 fully saturated rings. The minimum absolute atomic E-state index is 0.0587. The minimum Gasteiger partial charge on any atom is -0.310 e. The van der Waals surface area contributed by atoms with Gasteiger partial charge in [-0.05, 0) is 33.2 Å². The summed E-state index contributed by atoms with van der Waals surface area (Å²) in [5, 5.41) is 7.85. The van der Waals surface area contributed by atoms with Gasteiger partial charge in [-0.25, -0.2) is 8.42 Å². The Balaban J connectivity index is 2.95. The molecule has 0 aliphatic heterocycles. The van der Waals surface area contributed by atoms with E-state index in [4.69, 9.17) is 0 Å². The van der Waals surface area contributed by atoms with E-state index in [2.05, 4.69) is 17.3 Å². The molecular formula is C13H25N3O2S. The van der Waals surface area contributed by atoms with Gasteiger partial charge in [-0.15, -0.1) is 0 Å². The second-order valence-corrected chi connectivity index (χ2v) is 7.39. The van der Waals surface area contributed by atoms with Crippen molar-refractivity contribution in [3.05, 3.63) is 17.0 Å². The molecule has 1 aromatic rings. The molecule has 0 radical (unpaired) electrons. The van der Waals surface area contributed by atoms with Gasteiger partial charge in [0.2, 0.25) is 0 Å². The molecule has 1 atom stereocenters. The maximum atomic E-state index is 11.4. The molecule has 1 unspecified atom stereocenters. The van der Waals surface area contributed by atoms with Crippen LogP contribution in [0.4, 0.5) is 0 Å². The average Bonchev–Trinajstić information content (AvgIpc) is 2.53. The van der Waals surface area contributed by atoms with Crippen LogP contribution in [-0.2, 0) is 16.9 Å². The molecule has 0 spiro atoms. The number of aryl methyl sites for hydroxylation is 2. The monoisotopic (exact) mass is 287 g/mol. The third kappa shape index (κ3) is 4.62. The molecule has 6 heteroatoms. The lowest BCUT2D eigenvalue weighted by Crippen LogP contribution is -2.25. The zero-order valence-corrected chi connectivity index (χ0v) is 13.3. The fourth-order valence-corrected chi connectivity index (χ4v) is 2.96. The van der Waals surface area contributed by atoms with Crippen LogP contribution in [0.3, 0.4) is 0 Å². The summed E-state index contributed by atoms with van der Waals surface area (Å²) in [4.78, 5) is 0. The number of aromatic nitrogens is 2. The van der Waals surface area contributed by atoms with Crippen LogP contribution in [0.1, 0.15) is 42.8 Å². The van der Waals surface area contributed by atoms with E-state index in [1.807, 2.05) is 25.6 Å². The summed E-state index contributed by atoms with van der Waals surface area (Å²) in [5.74, 6) is 0.197. The molecule has 1 aromatic heterocycles. The van der Waals surface area contributed by atoms with Crippen LogP contribution >= 0.6 is 0 Å². The van der Waals surface area contributed by atoms with Crippen LogP contribution in [0.2, 0.25) is 0 Å². The Hall–Kier alpha value is -0.880. The van der Waals surface area contributed by atoms with Crippen LogP contribution in [0.15, 0.2) is 0 Å². The largest absolute Gasteiger partial charge is 0.310 e. The van der Waals surface area contributed by atoms with Crippen LogP contribution in [0.25, 0.3) is 0 Å². The number of sulfone groups is 1. The van der Waals surface area contributed by atoms with Gasteiger partial charge in [-0.2, -0.15) is 5.10 Å². The Morgan fingerprint density at radius 1 is 1.37 bits per heavy atom. The van der Waals surface area contributed by atoms with E-state index in [-0.39, 0.29) is 11.8 Å². The zero-order chi connectivity index (χ0) is 14.6. The summed E-state index contributed by atoms with van der Waals surface area (Å²) in [6.07, 6.45) is 2.90. The van der Waals surface area contributed by atoms with E-state index in [9.17, 15) is 8.42 Å². The summed E-state index contributed by atoms with van der Waals surface area (Å²) in [6, 6.07) is 0.0587. The van der Waals surface area contributed by atoms with E-state index in [0.717, 1.165) is 29.9 Å². The number of hydrogen-bond acceptors (Lipinski definition) is 4. The first kappa shape index (κ1) is 16.2. The van der Waals surface area contributed by atoms with Gasteiger partial charge in [0.1, 0.15) is 9.84 Å². The molecule has 1 rings (SSSR count). The second kappa shape index (κ2) is 6.52. The fraction of sp³-hybridized carbons (Fsp3) is 0.769. The smallest absolute Gasteiger partial charge is 0.147 e. The van der Waals surface area contributed by atoms with Crippen molar-refractivity contribution in [1.82, 2.24) is 15.1 Å². The van der Waals surface area contributed by atoms with Gasteiger partial charge in [0, 0.05) is 30.6 Å². The molecule has 1 N–H and O–H groups in total. The Bertz CT molecular complexity index is 520. The summed E-state index contributed by atoms with van der Waals surface area (Å²) in [5.41, 5.74) is 3.21. The Morgan fingerprint density at radius 2 is 2.00 bits per heavy atom. The highest BCUT2D eigenvalue weighted by molar-refractivity contribution is 7.90. The van der Waals surface area contributed by atoms with E-state index in [1.54, 1.807) is 0 Å². The van der Waals surface area contributed by atoms with Gasteiger partial charge in [-0.3, -0.25) is 4.68 Å². The van der Waals surface area contributed by atoms with Gasteiger partial charge in [-0.1, -0.05) is 6.92 Å². The van der Waals surface area contributed by atoms with Crippen molar-refractivity contribution in [2.24, 2.45) is 7.05 Å². The molecule has 0 saturated heterocycles. The lowest BCUT2D eigenvalue weighted by Gasteiger charge is -2.19. The highest BCUT2D eigenvalue weighted by Crippen LogP contribution is 2.24. The standard InChI is InChI=1S/C13H25N3O2S/c1-6-8-14-12(7-9-19(5,17)18)13-10(2)15-16(4)11(13)3/h12,14H,6-9H2,1-5H3. The zero-order valence-electron chi connectivity index (χ0n) is 12.5. The molecule has 1 heterocycles. The molecule has 0 bridgehead atoms. The molecule has 5 nitrogen and oxygen atoms in total. The first-order valence-corrected chi connectivity index (χ1v) is 8.73. The van der Waals surface area contributed by atoms with Gasteiger partial charge < -0.3 is 5.32 Å². The quantitative estimate of drug-likeness (QED) is 0.825. The predicted molar refractivity (Wildman–Crippen MR) is 78.0 cm³/mol. The minimum atomic E-state index is -2.94. The molecule has 0 amide bonds. The molecule has 0 aromatic carbocycles. The summed E-state index contributed by atoms with van der Waals surface area (Å²) >= 11 is 0. The van der Waals surface area contributed by atoms with Crippen LogP contribution < -0.4 is 5.32 Å². The number of rotatable bonds is 7. The first-order chi connectivity index (χ1) is 8.76. The lowest BCUT2D eigenvalue weighted by atomic mass is 10.0. The summed E-state index contributed by atoms with van der Waals surface area (Å²) in [6.45, 7) is 6.98. The molecular weight excluding hydrogens is 262 g/mol. The van der Waals surface area contributed by atoms with Crippen molar-refractivity contribution in [2.45, 2.75) is 39.7 Å². The van der Waals surface area contributed by atoms with Crippen molar-refractivity contribution in [3.8, 4) is 0 Å². The third-order valence-electron chi connectivity index (χ3n) is 3.33. The van der Waals surface area contributed by atoms with Crippen molar-refractivity contribution >= 4 is 9.84 Å². The SMILES string of the molecule is CCCNC(CCS(C)(=O)=O)c1c(C)nn(C)c1C. The summed E-state index contributed by atoms with van der Waals surface area (Å²) < 4.78 is 24.6. The highest BCUT2D eigenvalue weighted by atomic mass is 32.2. The highest BCUT2D eigenvalue weighted by Gasteiger charge is 2.20. The molecule has 110 valence electrons. The van der Waals surface area contributed by atoms with E-state index >= 15 is 0 Å². The molecule has 19 heavy (non-hydrogen) atoms. The maximum Gasteiger partial charge on any atom is 0.147 e. The van der Waals surface area contributed by atoms with Crippen molar-refractivity contribution in [1.29, 1.82) is 0 Å². The molecule has 0 aliphatic carbocycles. The number of nitrogens with zero attached hydrogens (tertiary/aromatic N) is 2. The predicted octanol–water partition coefficient (Wildman–Crippen LogP) is 1.51. The van der Waals surface area contributed by atoms with Crippen LogP contribution in [-0.4, -0.2) is 36.8 Å². The Kier molecular flexibility index (Phi) is 5.55. The normalized spacial score (nSPS) is 13.7. The van der Waals surface area contributed by atoms with Crippen molar-refractivity contribution < 1.29 is 8.42 Å². The van der Waals surface area contributed by atoms with E-state index in [1.165, 1.54) is 6.26 Å². The van der Waals surface area contributed by atoms with Crippen LogP contribution in [0, 0.1) is 13.8 Å². The van der Waals surface area contributed by atoms with E-state index < -0.39 is 9.84 Å². The van der Waals surface area contributed by atoms with Crippen molar-refractivity contribution in [2.75, 3.05) is 18.6 Å². The maximum absolute atomic E-state index is 11.4. The molecule has 0 aliphatic rings. The average molecular weight is 287 g/mol. The van der Waals surface area contributed by atoms with E-state index in [0.29, 0.717) is 6.42 Å². The van der Waals surface area contributed by atoms with Gasteiger partial charge in [0.15, 0.2) is 0 Å². The van der Waals surface area contributed by atoms with Gasteiger partial charge >= 0.3 is 0 Å². The summed E-state index contributed by atoms with van der Waals surface area (Å²) in [7, 11) is -1.02. The molecule has 0 saturated carbocycles. The van der Waals surface area contributed by atoms with Crippen LogP contribution in [0.5, 0.6) is 0 Å².